The van der Waals surface area contributed by atoms with Crippen LogP contribution >= 0.6 is 23.2 Å². The van der Waals surface area contributed by atoms with Crippen molar-refractivity contribution < 1.29 is 19.8 Å². The molecular formula is C15H15Cl2NO4. The minimum absolute atomic E-state index is 0.121. The summed E-state index contributed by atoms with van der Waals surface area (Å²) in [5.41, 5.74) is 0.756. The van der Waals surface area contributed by atoms with Crippen molar-refractivity contribution in [3.05, 3.63) is 46.0 Å². The molecule has 5 nitrogen and oxygen atoms in total. The number of halogens is 2. The van der Waals surface area contributed by atoms with E-state index in [1.807, 2.05) is 0 Å². The summed E-state index contributed by atoms with van der Waals surface area (Å²) in [5, 5.41) is 18.9. The topological polar surface area (TPSA) is 77.8 Å². The van der Waals surface area contributed by atoms with E-state index in [-0.39, 0.29) is 25.6 Å². The Hall–Kier alpha value is -1.56. The first-order valence-corrected chi connectivity index (χ1v) is 7.44. The van der Waals surface area contributed by atoms with Gasteiger partial charge in [0.1, 0.15) is 0 Å². The average Bonchev–Trinajstić information content (AvgIpc) is 2.40. The molecule has 0 saturated carbocycles. The molecule has 1 aromatic rings. The second-order valence-corrected chi connectivity index (χ2v) is 5.82. The number of carbonyl (C=O) groups is 2. The Labute approximate surface area is 137 Å². The second kappa shape index (κ2) is 7.13. The van der Waals surface area contributed by atoms with Gasteiger partial charge in [-0.15, -0.1) is 0 Å². The van der Waals surface area contributed by atoms with Crippen LogP contribution in [0.4, 0.5) is 0 Å². The first kappa shape index (κ1) is 16.8. The van der Waals surface area contributed by atoms with Crippen molar-refractivity contribution in [3.63, 3.8) is 0 Å². The molecule has 7 heteroatoms. The summed E-state index contributed by atoms with van der Waals surface area (Å²) in [6.07, 6.45) is 3.06. The van der Waals surface area contributed by atoms with Crippen LogP contribution in [0.15, 0.2) is 30.4 Å². The Morgan fingerprint density at radius 2 is 1.82 bits per heavy atom. The number of hydrogen-bond donors (Lipinski definition) is 2. The lowest BCUT2D eigenvalue weighted by Crippen LogP contribution is -2.43. The maximum atomic E-state index is 12.4. The van der Waals surface area contributed by atoms with Gasteiger partial charge in [0, 0.05) is 13.1 Å². The quantitative estimate of drug-likeness (QED) is 0.776. The molecule has 0 bridgehead atoms. The van der Waals surface area contributed by atoms with Gasteiger partial charge in [-0.3, -0.25) is 9.59 Å². The van der Waals surface area contributed by atoms with Crippen molar-refractivity contribution in [2.45, 2.75) is 6.54 Å². The van der Waals surface area contributed by atoms with E-state index in [2.05, 4.69) is 0 Å². The predicted molar refractivity (Wildman–Crippen MR) is 82.7 cm³/mol. The fraction of sp³-hybridized carbons (Fsp3) is 0.333. The van der Waals surface area contributed by atoms with Crippen LogP contribution < -0.4 is 0 Å². The summed E-state index contributed by atoms with van der Waals surface area (Å²) in [5.74, 6) is -2.84. The molecule has 2 N–H and O–H groups in total. The molecule has 0 spiro atoms. The molecule has 0 aromatic heterocycles. The molecule has 0 radical (unpaired) electrons. The SMILES string of the molecule is O=C(O)[C@H]1C=C[C@H]1C(=O)N(CCO)Cc1ccc(Cl)c(Cl)c1. The molecule has 1 aliphatic rings. The van der Waals surface area contributed by atoms with Gasteiger partial charge in [0.15, 0.2) is 0 Å². The van der Waals surface area contributed by atoms with Crippen molar-refractivity contribution in [1.29, 1.82) is 0 Å². The number of carboxylic acid groups (broad SMARTS) is 1. The van der Waals surface area contributed by atoms with E-state index < -0.39 is 17.8 Å². The molecular weight excluding hydrogens is 329 g/mol. The summed E-state index contributed by atoms with van der Waals surface area (Å²) in [6.45, 7) is 0.143. The molecule has 0 saturated heterocycles. The zero-order chi connectivity index (χ0) is 16.3. The number of benzene rings is 1. The van der Waals surface area contributed by atoms with Crippen molar-refractivity contribution in [1.82, 2.24) is 4.90 Å². The summed E-state index contributed by atoms with van der Waals surface area (Å²) in [4.78, 5) is 24.9. The number of aliphatic carboxylic acids is 1. The number of nitrogens with zero attached hydrogens (tertiary/aromatic N) is 1. The highest BCUT2D eigenvalue weighted by molar-refractivity contribution is 6.42. The van der Waals surface area contributed by atoms with Crippen LogP contribution in [0.3, 0.4) is 0 Å². The summed E-state index contributed by atoms with van der Waals surface area (Å²) < 4.78 is 0. The van der Waals surface area contributed by atoms with Gasteiger partial charge in [0.2, 0.25) is 5.91 Å². The average molecular weight is 344 g/mol. The lowest BCUT2D eigenvalue weighted by molar-refractivity contribution is -0.148. The summed E-state index contributed by atoms with van der Waals surface area (Å²) in [7, 11) is 0. The molecule has 1 amide bonds. The maximum absolute atomic E-state index is 12.4. The van der Waals surface area contributed by atoms with E-state index in [0.29, 0.717) is 10.0 Å². The fourth-order valence-electron chi connectivity index (χ4n) is 2.26. The molecule has 0 fully saturated rings. The highest BCUT2D eigenvalue weighted by atomic mass is 35.5. The standard InChI is InChI=1S/C15H15Cl2NO4/c16-12-4-1-9(7-13(12)17)8-18(5-6-19)14(20)10-2-3-11(10)15(21)22/h1-4,7,10-11,19H,5-6,8H2,(H,21,22)/t10-,11+/m1/s1. The Balaban J connectivity index is 2.12. The molecule has 22 heavy (non-hydrogen) atoms. The van der Waals surface area contributed by atoms with Gasteiger partial charge in [-0.2, -0.15) is 0 Å². The lowest BCUT2D eigenvalue weighted by Gasteiger charge is -2.31. The Morgan fingerprint density at radius 3 is 2.32 bits per heavy atom. The van der Waals surface area contributed by atoms with Crippen LogP contribution in [0.25, 0.3) is 0 Å². The fourth-order valence-corrected chi connectivity index (χ4v) is 2.58. The van der Waals surface area contributed by atoms with E-state index in [1.54, 1.807) is 24.3 Å². The maximum Gasteiger partial charge on any atom is 0.311 e. The smallest absolute Gasteiger partial charge is 0.311 e. The predicted octanol–water partition coefficient (Wildman–Crippen LogP) is 2.20. The highest BCUT2D eigenvalue weighted by Crippen LogP contribution is 2.29. The van der Waals surface area contributed by atoms with Crippen LogP contribution in [0, 0.1) is 11.8 Å². The van der Waals surface area contributed by atoms with E-state index in [4.69, 9.17) is 33.4 Å². The molecule has 0 unspecified atom stereocenters. The monoisotopic (exact) mass is 343 g/mol. The zero-order valence-electron chi connectivity index (χ0n) is 11.6. The van der Waals surface area contributed by atoms with E-state index in [0.717, 1.165) is 5.56 Å². The Kier molecular flexibility index (Phi) is 5.45. The number of rotatable bonds is 6. The number of hydrogen-bond acceptors (Lipinski definition) is 3. The van der Waals surface area contributed by atoms with Gasteiger partial charge in [0.05, 0.1) is 28.5 Å². The van der Waals surface area contributed by atoms with Gasteiger partial charge in [-0.25, -0.2) is 0 Å². The number of aliphatic hydroxyl groups excluding tert-OH is 1. The van der Waals surface area contributed by atoms with Crippen LogP contribution in [0.2, 0.25) is 10.0 Å². The van der Waals surface area contributed by atoms with Crippen LogP contribution in [0.1, 0.15) is 5.56 Å². The number of aliphatic hydroxyl groups is 1. The molecule has 1 aliphatic carbocycles. The zero-order valence-corrected chi connectivity index (χ0v) is 13.1. The lowest BCUT2D eigenvalue weighted by atomic mass is 9.81. The van der Waals surface area contributed by atoms with E-state index >= 15 is 0 Å². The third-order valence-corrected chi connectivity index (χ3v) is 4.26. The first-order chi connectivity index (χ1) is 10.4. The van der Waals surface area contributed by atoms with Crippen LogP contribution in [0.5, 0.6) is 0 Å². The largest absolute Gasteiger partial charge is 0.481 e. The van der Waals surface area contributed by atoms with Gasteiger partial charge in [-0.1, -0.05) is 41.4 Å². The minimum atomic E-state index is -1.03. The third-order valence-electron chi connectivity index (χ3n) is 3.52. The summed E-state index contributed by atoms with van der Waals surface area (Å²) >= 11 is 11.8. The Morgan fingerprint density at radius 1 is 1.14 bits per heavy atom. The van der Waals surface area contributed by atoms with Crippen LogP contribution in [-0.2, 0) is 16.1 Å². The van der Waals surface area contributed by atoms with E-state index in [1.165, 1.54) is 11.0 Å². The highest BCUT2D eigenvalue weighted by Gasteiger charge is 2.38. The van der Waals surface area contributed by atoms with Crippen molar-refractivity contribution in [3.8, 4) is 0 Å². The molecule has 1 aromatic carbocycles. The molecule has 2 rings (SSSR count). The van der Waals surface area contributed by atoms with Gasteiger partial charge < -0.3 is 15.1 Å². The Bertz CT molecular complexity index is 618. The van der Waals surface area contributed by atoms with E-state index in [9.17, 15) is 9.59 Å². The van der Waals surface area contributed by atoms with Gasteiger partial charge in [-0.05, 0) is 17.7 Å². The second-order valence-electron chi connectivity index (χ2n) is 5.01. The molecule has 0 aliphatic heterocycles. The first-order valence-electron chi connectivity index (χ1n) is 6.68. The normalized spacial score (nSPS) is 19.6. The van der Waals surface area contributed by atoms with Crippen molar-refractivity contribution in [2.75, 3.05) is 13.2 Å². The van der Waals surface area contributed by atoms with Crippen molar-refractivity contribution >= 4 is 35.1 Å². The number of amides is 1. The molecule has 0 heterocycles. The summed E-state index contributed by atoms with van der Waals surface area (Å²) in [6, 6.07) is 5.01. The van der Waals surface area contributed by atoms with Crippen LogP contribution in [-0.4, -0.2) is 40.1 Å². The number of carbonyl (C=O) groups excluding carboxylic acids is 1. The van der Waals surface area contributed by atoms with Crippen molar-refractivity contribution in [2.24, 2.45) is 11.8 Å². The molecule has 2 atom stereocenters. The third kappa shape index (κ3) is 3.61. The van der Waals surface area contributed by atoms with Gasteiger partial charge >= 0.3 is 5.97 Å². The van der Waals surface area contributed by atoms with Gasteiger partial charge in [0.25, 0.3) is 0 Å². The minimum Gasteiger partial charge on any atom is -0.481 e. The molecule has 118 valence electrons. The number of carboxylic acids is 1.